The fourth-order valence-corrected chi connectivity index (χ4v) is 1.11. The summed E-state index contributed by atoms with van der Waals surface area (Å²) in [5.41, 5.74) is 1.02. The van der Waals surface area contributed by atoms with Gasteiger partial charge < -0.3 is 4.74 Å². The average molecular weight is 179 g/mol. The SMILES string of the molecule is CC.O=C1CCc2cnccc2O1. The Labute approximate surface area is 77.8 Å². The summed E-state index contributed by atoms with van der Waals surface area (Å²) in [7, 11) is 0. The van der Waals surface area contributed by atoms with Crippen LogP contribution in [0, 0.1) is 0 Å². The van der Waals surface area contributed by atoms with Crippen LogP contribution in [0.2, 0.25) is 0 Å². The molecule has 0 unspecified atom stereocenters. The maximum atomic E-state index is 10.8. The fourth-order valence-electron chi connectivity index (χ4n) is 1.11. The highest BCUT2D eigenvalue weighted by Gasteiger charge is 2.15. The van der Waals surface area contributed by atoms with Crippen molar-refractivity contribution in [2.45, 2.75) is 26.7 Å². The Balaban J connectivity index is 0.000000396. The van der Waals surface area contributed by atoms with Gasteiger partial charge in [0.05, 0.1) is 6.42 Å². The maximum absolute atomic E-state index is 10.8. The average Bonchev–Trinajstić information content (AvgIpc) is 2.21. The molecule has 0 N–H and O–H groups in total. The van der Waals surface area contributed by atoms with E-state index in [1.165, 1.54) is 0 Å². The Kier molecular flexibility index (Phi) is 3.43. The number of hydrogen-bond donors (Lipinski definition) is 0. The molecular formula is C10H13NO2. The summed E-state index contributed by atoms with van der Waals surface area (Å²) in [6.45, 7) is 4.00. The highest BCUT2D eigenvalue weighted by atomic mass is 16.5. The third kappa shape index (κ3) is 2.28. The second kappa shape index (κ2) is 4.60. The lowest BCUT2D eigenvalue weighted by atomic mass is 10.1. The molecule has 0 aliphatic carbocycles. The largest absolute Gasteiger partial charge is 0.426 e. The zero-order valence-corrected chi connectivity index (χ0v) is 7.91. The molecule has 70 valence electrons. The summed E-state index contributed by atoms with van der Waals surface area (Å²) in [5, 5.41) is 0. The minimum atomic E-state index is -0.149. The molecule has 0 saturated heterocycles. The Morgan fingerprint density at radius 2 is 2.15 bits per heavy atom. The molecule has 2 heterocycles. The van der Waals surface area contributed by atoms with Crippen molar-refractivity contribution >= 4 is 5.97 Å². The highest BCUT2D eigenvalue weighted by Crippen LogP contribution is 2.22. The number of hydrogen-bond acceptors (Lipinski definition) is 3. The lowest BCUT2D eigenvalue weighted by Gasteiger charge is -2.13. The second-order valence-corrected chi connectivity index (χ2v) is 2.46. The second-order valence-electron chi connectivity index (χ2n) is 2.46. The van der Waals surface area contributed by atoms with Gasteiger partial charge in [-0.2, -0.15) is 0 Å². The van der Waals surface area contributed by atoms with E-state index in [9.17, 15) is 4.79 Å². The van der Waals surface area contributed by atoms with E-state index in [2.05, 4.69) is 4.98 Å². The Bertz CT molecular complexity index is 297. The summed E-state index contributed by atoms with van der Waals surface area (Å²) in [6, 6.07) is 1.71. The first-order valence-corrected chi connectivity index (χ1v) is 4.50. The standard InChI is InChI=1S/C8H7NO2.C2H6/c10-8-2-1-6-5-9-4-3-7(6)11-8;1-2/h3-5H,1-2H2;1-2H3. The van der Waals surface area contributed by atoms with Crippen LogP contribution < -0.4 is 4.74 Å². The van der Waals surface area contributed by atoms with Gasteiger partial charge in [0, 0.05) is 18.0 Å². The highest BCUT2D eigenvalue weighted by molar-refractivity contribution is 5.75. The van der Waals surface area contributed by atoms with Crippen molar-refractivity contribution in [1.29, 1.82) is 0 Å². The maximum Gasteiger partial charge on any atom is 0.311 e. The van der Waals surface area contributed by atoms with E-state index in [-0.39, 0.29) is 5.97 Å². The van der Waals surface area contributed by atoms with E-state index in [0.29, 0.717) is 12.2 Å². The summed E-state index contributed by atoms with van der Waals surface area (Å²) in [5.74, 6) is 0.514. The molecule has 2 rings (SSSR count). The summed E-state index contributed by atoms with van der Waals surface area (Å²) in [6.07, 6.45) is 4.58. The zero-order chi connectivity index (χ0) is 9.68. The third-order valence-corrected chi connectivity index (χ3v) is 1.68. The fraction of sp³-hybridized carbons (Fsp3) is 0.400. The Morgan fingerprint density at radius 1 is 1.38 bits per heavy atom. The monoisotopic (exact) mass is 179 g/mol. The third-order valence-electron chi connectivity index (χ3n) is 1.68. The number of carbonyl (C=O) groups is 1. The van der Waals surface area contributed by atoms with Crippen LogP contribution in [0.15, 0.2) is 18.5 Å². The molecule has 0 fully saturated rings. The quantitative estimate of drug-likeness (QED) is 0.571. The first kappa shape index (κ1) is 9.71. The molecule has 1 aromatic rings. The van der Waals surface area contributed by atoms with Crippen LogP contribution in [-0.2, 0) is 11.2 Å². The Morgan fingerprint density at radius 3 is 2.92 bits per heavy atom. The van der Waals surface area contributed by atoms with Gasteiger partial charge in [0.15, 0.2) is 0 Å². The van der Waals surface area contributed by atoms with Gasteiger partial charge in [-0.05, 0) is 12.5 Å². The number of ether oxygens (including phenoxy) is 1. The van der Waals surface area contributed by atoms with Crippen molar-refractivity contribution in [1.82, 2.24) is 4.98 Å². The van der Waals surface area contributed by atoms with Gasteiger partial charge in [0.1, 0.15) is 5.75 Å². The molecule has 0 amide bonds. The molecule has 1 aliphatic rings. The lowest BCUT2D eigenvalue weighted by molar-refractivity contribution is -0.135. The Hall–Kier alpha value is -1.38. The van der Waals surface area contributed by atoms with E-state index in [1.54, 1.807) is 18.5 Å². The molecule has 1 aromatic heterocycles. The number of aryl methyl sites for hydroxylation is 1. The first-order valence-electron chi connectivity index (χ1n) is 4.50. The van der Waals surface area contributed by atoms with Crippen molar-refractivity contribution < 1.29 is 9.53 Å². The van der Waals surface area contributed by atoms with Gasteiger partial charge in [-0.3, -0.25) is 9.78 Å². The van der Waals surface area contributed by atoms with E-state index in [0.717, 1.165) is 12.0 Å². The minimum Gasteiger partial charge on any atom is -0.426 e. The molecule has 0 radical (unpaired) electrons. The summed E-state index contributed by atoms with van der Waals surface area (Å²) in [4.78, 5) is 14.7. The molecule has 0 bridgehead atoms. The van der Waals surface area contributed by atoms with Gasteiger partial charge in [0.2, 0.25) is 0 Å². The van der Waals surface area contributed by atoms with Crippen LogP contribution in [0.25, 0.3) is 0 Å². The molecule has 13 heavy (non-hydrogen) atoms. The molecule has 3 heteroatoms. The van der Waals surface area contributed by atoms with E-state index in [1.807, 2.05) is 13.8 Å². The van der Waals surface area contributed by atoms with E-state index < -0.39 is 0 Å². The number of rotatable bonds is 0. The molecular weight excluding hydrogens is 166 g/mol. The lowest BCUT2D eigenvalue weighted by Crippen LogP contribution is -2.15. The van der Waals surface area contributed by atoms with Crippen molar-refractivity contribution in [3.63, 3.8) is 0 Å². The molecule has 1 aliphatic heterocycles. The molecule has 0 saturated carbocycles. The number of fused-ring (bicyclic) bond motifs is 1. The van der Waals surface area contributed by atoms with Gasteiger partial charge in [-0.1, -0.05) is 13.8 Å². The normalized spacial score (nSPS) is 13.5. The predicted octanol–water partition coefficient (Wildman–Crippen LogP) is 1.96. The minimum absolute atomic E-state index is 0.149. The van der Waals surface area contributed by atoms with Gasteiger partial charge in [-0.25, -0.2) is 0 Å². The number of carbonyl (C=O) groups excluding carboxylic acids is 1. The van der Waals surface area contributed by atoms with Crippen LogP contribution in [0.3, 0.4) is 0 Å². The summed E-state index contributed by atoms with van der Waals surface area (Å²) < 4.78 is 4.95. The van der Waals surface area contributed by atoms with E-state index >= 15 is 0 Å². The number of esters is 1. The van der Waals surface area contributed by atoms with E-state index in [4.69, 9.17) is 4.74 Å². The molecule has 0 aromatic carbocycles. The number of aromatic nitrogens is 1. The molecule has 0 atom stereocenters. The van der Waals surface area contributed by atoms with Gasteiger partial charge in [-0.15, -0.1) is 0 Å². The van der Waals surface area contributed by atoms with Crippen molar-refractivity contribution in [2.24, 2.45) is 0 Å². The number of nitrogens with zero attached hydrogens (tertiary/aromatic N) is 1. The van der Waals surface area contributed by atoms with Crippen molar-refractivity contribution in [3.8, 4) is 5.75 Å². The summed E-state index contributed by atoms with van der Waals surface area (Å²) >= 11 is 0. The zero-order valence-electron chi connectivity index (χ0n) is 7.91. The number of pyridine rings is 1. The van der Waals surface area contributed by atoms with Crippen LogP contribution in [-0.4, -0.2) is 11.0 Å². The predicted molar refractivity (Wildman–Crippen MR) is 49.5 cm³/mol. The smallest absolute Gasteiger partial charge is 0.311 e. The van der Waals surface area contributed by atoms with Crippen LogP contribution in [0.4, 0.5) is 0 Å². The topological polar surface area (TPSA) is 39.2 Å². The van der Waals surface area contributed by atoms with Crippen LogP contribution in [0.1, 0.15) is 25.8 Å². The molecule has 0 spiro atoms. The van der Waals surface area contributed by atoms with Gasteiger partial charge in [0.25, 0.3) is 0 Å². The van der Waals surface area contributed by atoms with Crippen LogP contribution >= 0.6 is 0 Å². The van der Waals surface area contributed by atoms with Crippen molar-refractivity contribution in [2.75, 3.05) is 0 Å². The van der Waals surface area contributed by atoms with Crippen molar-refractivity contribution in [3.05, 3.63) is 24.0 Å². The van der Waals surface area contributed by atoms with Gasteiger partial charge >= 0.3 is 5.97 Å². The van der Waals surface area contributed by atoms with Crippen LogP contribution in [0.5, 0.6) is 5.75 Å². The molecule has 3 nitrogen and oxygen atoms in total. The first-order chi connectivity index (χ1) is 6.36.